The van der Waals surface area contributed by atoms with Gasteiger partial charge in [-0.25, -0.2) is 9.37 Å². The molecule has 5 heteroatoms. The summed E-state index contributed by atoms with van der Waals surface area (Å²) in [6.45, 7) is 0.795. The summed E-state index contributed by atoms with van der Waals surface area (Å²) in [5.41, 5.74) is 6.81. The first kappa shape index (κ1) is 11.6. The van der Waals surface area contributed by atoms with E-state index >= 15 is 0 Å². The molecular weight excluding hydrogens is 221 g/mol. The van der Waals surface area contributed by atoms with Gasteiger partial charge in [-0.1, -0.05) is 12.1 Å². The van der Waals surface area contributed by atoms with Crippen molar-refractivity contribution in [1.82, 2.24) is 9.55 Å². The predicted octanol–water partition coefficient (Wildman–Crippen LogP) is 1.54. The lowest BCUT2D eigenvalue weighted by molar-refractivity contribution is 0.383. The van der Waals surface area contributed by atoms with E-state index in [4.69, 9.17) is 10.5 Å². The van der Waals surface area contributed by atoms with Crippen molar-refractivity contribution in [3.63, 3.8) is 0 Å². The lowest BCUT2D eigenvalue weighted by Gasteiger charge is -2.07. The molecule has 0 unspecified atom stereocenters. The first-order valence-electron chi connectivity index (χ1n) is 5.26. The second-order valence-corrected chi connectivity index (χ2v) is 3.67. The molecule has 0 fully saturated rings. The van der Waals surface area contributed by atoms with Gasteiger partial charge in [0.15, 0.2) is 11.6 Å². The van der Waals surface area contributed by atoms with Gasteiger partial charge in [-0.15, -0.1) is 0 Å². The van der Waals surface area contributed by atoms with E-state index in [0.29, 0.717) is 18.7 Å². The van der Waals surface area contributed by atoms with Gasteiger partial charge in [0.1, 0.15) is 0 Å². The summed E-state index contributed by atoms with van der Waals surface area (Å²) in [7, 11) is 1.45. The van der Waals surface area contributed by atoms with Crippen molar-refractivity contribution in [3.05, 3.63) is 47.8 Å². The van der Waals surface area contributed by atoms with E-state index in [1.807, 2.05) is 0 Å². The van der Waals surface area contributed by atoms with Crippen LogP contribution in [0.5, 0.6) is 5.75 Å². The summed E-state index contributed by atoms with van der Waals surface area (Å²) >= 11 is 0. The van der Waals surface area contributed by atoms with Crippen molar-refractivity contribution < 1.29 is 9.13 Å². The summed E-state index contributed by atoms with van der Waals surface area (Å²) in [5.74, 6) is -0.0836. The molecule has 0 atom stereocenters. The maximum Gasteiger partial charge on any atom is 0.170 e. The van der Waals surface area contributed by atoms with E-state index < -0.39 is 0 Å². The number of imidazole rings is 1. The Bertz CT molecular complexity index is 510. The van der Waals surface area contributed by atoms with E-state index in [1.165, 1.54) is 7.11 Å². The number of halogens is 1. The van der Waals surface area contributed by atoms with Crippen LogP contribution in [0.3, 0.4) is 0 Å². The van der Waals surface area contributed by atoms with Crippen molar-refractivity contribution in [2.24, 2.45) is 5.73 Å². The van der Waals surface area contributed by atoms with Crippen LogP contribution in [-0.4, -0.2) is 16.7 Å². The summed E-state index contributed by atoms with van der Waals surface area (Å²) in [6.07, 6.45) is 3.44. The Morgan fingerprint density at radius 3 is 2.94 bits per heavy atom. The van der Waals surface area contributed by atoms with Crippen LogP contribution in [0.2, 0.25) is 0 Å². The van der Waals surface area contributed by atoms with Gasteiger partial charge in [-0.3, -0.25) is 0 Å². The number of rotatable bonds is 4. The smallest absolute Gasteiger partial charge is 0.170 e. The summed E-state index contributed by atoms with van der Waals surface area (Å²) in [4.78, 5) is 4.09. The van der Waals surface area contributed by atoms with Gasteiger partial charge in [-0.05, 0) is 6.07 Å². The normalized spacial score (nSPS) is 10.5. The molecule has 90 valence electrons. The number of hydrogen-bond acceptors (Lipinski definition) is 3. The van der Waals surface area contributed by atoms with Gasteiger partial charge >= 0.3 is 0 Å². The zero-order valence-electron chi connectivity index (χ0n) is 9.56. The second-order valence-electron chi connectivity index (χ2n) is 3.67. The molecule has 17 heavy (non-hydrogen) atoms. The summed E-state index contributed by atoms with van der Waals surface area (Å²) < 4.78 is 20.6. The predicted molar refractivity (Wildman–Crippen MR) is 62.2 cm³/mol. The molecule has 0 amide bonds. The highest BCUT2D eigenvalue weighted by Gasteiger charge is 2.08. The van der Waals surface area contributed by atoms with Crippen LogP contribution in [0.25, 0.3) is 0 Å². The van der Waals surface area contributed by atoms with E-state index in [0.717, 1.165) is 5.69 Å². The van der Waals surface area contributed by atoms with Crippen LogP contribution >= 0.6 is 0 Å². The number of nitrogens with zero attached hydrogens (tertiary/aromatic N) is 2. The zero-order chi connectivity index (χ0) is 12.3. The largest absolute Gasteiger partial charge is 0.494 e. The van der Waals surface area contributed by atoms with Crippen molar-refractivity contribution in [2.45, 2.75) is 13.1 Å². The van der Waals surface area contributed by atoms with E-state index in [1.54, 1.807) is 35.3 Å². The van der Waals surface area contributed by atoms with Crippen molar-refractivity contribution in [2.75, 3.05) is 7.11 Å². The highest BCUT2D eigenvalue weighted by atomic mass is 19.1. The average Bonchev–Trinajstić information content (AvgIpc) is 2.79. The number of nitrogens with two attached hydrogens (primary N) is 1. The van der Waals surface area contributed by atoms with Crippen molar-refractivity contribution in [3.8, 4) is 5.75 Å². The van der Waals surface area contributed by atoms with Crippen LogP contribution in [0.15, 0.2) is 30.7 Å². The minimum absolute atomic E-state index is 0.252. The minimum Gasteiger partial charge on any atom is -0.494 e. The lowest BCUT2D eigenvalue weighted by Crippen LogP contribution is -2.01. The molecule has 0 spiro atoms. The quantitative estimate of drug-likeness (QED) is 0.874. The monoisotopic (exact) mass is 235 g/mol. The highest BCUT2D eigenvalue weighted by molar-refractivity contribution is 5.31. The molecule has 1 aromatic carbocycles. The van der Waals surface area contributed by atoms with Gasteiger partial charge in [0.2, 0.25) is 0 Å². The molecule has 2 N–H and O–H groups in total. The van der Waals surface area contributed by atoms with Gasteiger partial charge < -0.3 is 15.0 Å². The Hall–Kier alpha value is -1.88. The Morgan fingerprint density at radius 2 is 2.29 bits per heavy atom. The molecule has 0 saturated heterocycles. The first-order valence-corrected chi connectivity index (χ1v) is 5.26. The van der Waals surface area contributed by atoms with Crippen LogP contribution < -0.4 is 10.5 Å². The van der Waals surface area contributed by atoms with Crippen LogP contribution in [0.4, 0.5) is 4.39 Å². The molecule has 0 radical (unpaired) electrons. The van der Waals surface area contributed by atoms with Gasteiger partial charge in [-0.2, -0.15) is 0 Å². The molecule has 0 aliphatic rings. The second kappa shape index (κ2) is 4.97. The van der Waals surface area contributed by atoms with E-state index in [9.17, 15) is 4.39 Å². The molecule has 1 heterocycles. The molecule has 0 bridgehead atoms. The SMILES string of the molecule is COc1cccc(Cn2cnc(CN)c2)c1F. The molecule has 2 rings (SSSR count). The van der Waals surface area contributed by atoms with Crippen molar-refractivity contribution >= 4 is 0 Å². The first-order chi connectivity index (χ1) is 8.24. The van der Waals surface area contributed by atoms with Crippen LogP contribution in [0, 0.1) is 5.82 Å². The zero-order valence-corrected chi connectivity index (χ0v) is 9.56. The van der Waals surface area contributed by atoms with Crippen LogP contribution in [-0.2, 0) is 13.1 Å². The number of ether oxygens (including phenoxy) is 1. The molecule has 1 aromatic heterocycles. The maximum atomic E-state index is 13.9. The topological polar surface area (TPSA) is 53.1 Å². The number of methoxy groups -OCH3 is 1. The molecule has 0 saturated carbocycles. The fraction of sp³-hybridized carbons (Fsp3) is 0.250. The Kier molecular flexibility index (Phi) is 3.39. The lowest BCUT2D eigenvalue weighted by atomic mass is 10.2. The third-order valence-corrected chi connectivity index (χ3v) is 2.51. The van der Waals surface area contributed by atoms with Crippen LogP contribution in [0.1, 0.15) is 11.3 Å². The average molecular weight is 235 g/mol. The molecule has 0 aliphatic heterocycles. The van der Waals surface area contributed by atoms with Gasteiger partial charge in [0, 0.05) is 18.3 Å². The summed E-state index contributed by atoms with van der Waals surface area (Å²) in [6, 6.07) is 5.08. The molecule has 2 aromatic rings. The van der Waals surface area contributed by atoms with E-state index in [-0.39, 0.29) is 11.6 Å². The third-order valence-electron chi connectivity index (χ3n) is 2.51. The fourth-order valence-corrected chi connectivity index (χ4v) is 1.63. The molecule has 0 aliphatic carbocycles. The molecule has 4 nitrogen and oxygen atoms in total. The highest BCUT2D eigenvalue weighted by Crippen LogP contribution is 2.20. The van der Waals surface area contributed by atoms with E-state index in [2.05, 4.69) is 4.98 Å². The Morgan fingerprint density at radius 1 is 1.47 bits per heavy atom. The van der Waals surface area contributed by atoms with Crippen molar-refractivity contribution in [1.29, 1.82) is 0 Å². The molecular formula is C12H14FN3O. The maximum absolute atomic E-state index is 13.9. The van der Waals surface area contributed by atoms with Gasteiger partial charge in [0.25, 0.3) is 0 Å². The summed E-state index contributed by atoms with van der Waals surface area (Å²) in [5, 5.41) is 0. The third kappa shape index (κ3) is 2.45. The number of aromatic nitrogens is 2. The number of hydrogen-bond donors (Lipinski definition) is 1. The minimum atomic E-state index is -0.335. The van der Waals surface area contributed by atoms with Gasteiger partial charge in [0.05, 0.1) is 25.7 Å². The Balaban J connectivity index is 2.23. The Labute approximate surface area is 98.8 Å². The number of benzene rings is 1. The fourth-order valence-electron chi connectivity index (χ4n) is 1.63. The standard InChI is InChI=1S/C12H14FN3O/c1-17-11-4-2-3-9(12(11)13)6-16-7-10(5-14)15-8-16/h2-4,7-8H,5-6,14H2,1H3.